The highest BCUT2D eigenvalue weighted by atomic mass is 16.8. The van der Waals surface area contributed by atoms with Crippen molar-refractivity contribution in [2.75, 3.05) is 46.2 Å². The molecule has 6 aliphatic rings. The second-order valence-electron chi connectivity index (χ2n) is 34.9. The van der Waals surface area contributed by atoms with E-state index in [-0.39, 0.29) is 12.3 Å². The summed E-state index contributed by atoms with van der Waals surface area (Å²) in [4.78, 5) is 53.5. The fourth-order valence-electron chi connectivity index (χ4n) is 17.0. The van der Waals surface area contributed by atoms with E-state index >= 15 is 0 Å². The summed E-state index contributed by atoms with van der Waals surface area (Å²) in [6.45, 7) is -2.43. The van der Waals surface area contributed by atoms with Crippen molar-refractivity contribution in [1.82, 2.24) is 10.6 Å². The molecule has 41 heteroatoms. The molecule has 0 saturated carbocycles. The van der Waals surface area contributed by atoms with E-state index in [0.29, 0.717) is 12.8 Å². The minimum atomic E-state index is -3.35. The number of carboxylic acids is 2. The number of aliphatic hydroxyl groups excluding tert-OH is 21. The Morgan fingerprint density at radius 3 is 1.24 bits per heavy atom. The highest BCUT2D eigenvalue weighted by Gasteiger charge is 2.63. The molecule has 25 N–H and O–H groups in total. The zero-order valence-electron chi connectivity index (χ0n) is 73.9. The van der Waals surface area contributed by atoms with Gasteiger partial charge in [0.25, 0.3) is 11.6 Å². The lowest BCUT2D eigenvalue weighted by atomic mass is 9.90. The molecule has 0 radical (unpaired) electrons. The summed E-state index contributed by atoms with van der Waals surface area (Å²) < 4.78 is 70.6. The van der Waals surface area contributed by atoms with Gasteiger partial charge in [-0.1, -0.05) is 219 Å². The minimum Gasteiger partial charge on any atom is -0.477 e. The number of carboxylic acid groups (broad SMARTS) is 2. The van der Waals surface area contributed by atoms with E-state index in [1.54, 1.807) is 6.08 Å². The average Bonchev–Trinajstić information content (AvgIpc) is 0.761. The van der Waals surface area contributed by atoms with Gasteiger partial charge in [0.2, 0.25) is 11.8 Å². The van der Waals surface area contributed by atoms with Crippen molar-refractivity contribution in [3.05, 3.63) is 12.2 Å². The Bertz CT molecular complexity index is 3050. The first-order chi connectivity index (χ1) is 60.7. The lowest BCUT2D eigenvalue weighted by Crippen LogP contribution is -2.71. The van der Waals surface area contributed by atoms with Gasteiger partial charge in [-0.05, 0) is 19.3 Å². The monoisotopic (exact) mass is 1840 g/mol. The Balaban J connectivity index is 1.17. The van der Waals surface area contributed by atoms with E-state index in [1.807, 2.05) is 6.08 Å². The third kappa shape index (κ3) is 34.0. The number of hydrogen-bond donors (Lipinski definition) is 25. The summed E-state index contributed by atoms with van der Waals surface area (Å²) in [6, 6.07) is -3.26. The number of carbonyl (C=O) groups excluding carboxylic acids is 2. The van der Waals surface area contributed by atoms with Gasteiger partial charge < -0.3 is 185 Å². The highest BCUT2D eigenvalue weighted by Crippen LogP contribution is 2.42. The van der Waals surface area contributed by atoms with Gasteiger partial charge in [-0.3, -0.25) is 9.59 Å². The van der Waals surface area contributed by atoms with Gasteiger partial charge >= 0.3 is 11.9 Å². The van der Waals surface area contributed by atoms with Crippen LogP contribution in [0.3, 0.4) is 0 Å². The SMILES string of the molecule is CCCCCCCCCCCCC/C=C/[C@@H](O)[C@H](CO[C@@H]1OC(CO)[C@@H](O[C@@H]2OC(CO)[C@H](O[C@@H]3OC(CO[C@]4(C(=O)O)CC(O)[C@@H](O)C([C@H](O)[C@H](O)CO)O4)[C@H](O)[C@H](O[C@@H]4OC(CO)[C@H](O)[C@H](O[C@]5(C(=O)O)CC(O)[C@@H](O)C([C@H](O)[C@H](O)CO)O5)C4O)C3NC(C)=O)[C@H](O)C2O)[C@H](O)C1O)NC(=O)CCCCCCCCCCCCCCCCCCCCCCC. The predicted octanol–water partition coefficient (Wildman–Crippen LogP) is -1.82. The summed E-state index contributed by atoms with van der Waals surface area (Å²) in [6.07, 6.45) is -26.3. The fourth-order valence-corrected chi connectivity index (χ4v) is 17.0. The van der Waals surface area contributed by atoms with E-state index in [9.17, 15) is 137 Å². The van der Waals surface area contributed by atoms with Crippen molar-refractivity contribution >= 4 is 23.8 Å². The number of aliphatic hydroxyl groups is 21. The molecule has 2 amide bonds. The van der Waals surface area contributed by atoms with Crippen LogP contribution in [0, 0.1) is 0 Å². The van der Waals surface area contributed by atoms with Crippen LogP contribution < -0.4 is 10.6 Å². The van der Waals surface area contributed by atoms with E-state index in [1.165, 1.54) is 141 Å². The van der Waals surface area contributed by atoms with Gasteiger partial charge in [-0.15, -0.1) is 0 Å². The number of rotatable bonds is 63. The number of nitrogens with one attached hydrogen (secondary N) is 2. The Morgan fingerprint density at radius 2 is 0.803 bits per heavy atom. The summed E-state index contributed by atoms with van der Waals surface area (Å²) >= 11 is 0. The number of unbranched alkanes of at least 4 members (excludes halogenated alkanes) is 31. The molecule has 6 rings (SSSR count). The Labute approximate surface area is 742 Å². The van der Waals surface area contributed by atoms with Crippen LogP contribution in [0.4, 0.5) is 0 Å². The van der Waals surface area contributed by atoms with Crippen LogP contribution in [0.25, 0.3) is 0 Å². The number of carbonyl (C=O) groups is 4. The van der Waals surface area contributed by atoms with Crippen molar-refractivity contribution in [2.45, 2.75) is 459 Å². The van der Waals surface area contributed by atoms with Crippen LogP contribution in [0.2, 0.25) is 0 Å². The second-order valence-corrected chi connectivity index (χ2v) is 34.9. The molecule has 6 fully saturated rings. The molecule has 34 atom stereocenters. The van der Waals surface area contributed by atoms with Gasteiger partial charge in [0.05, 0.1) is 70.6 Å². The van der Waals surface area contributed by atoms with Crippen LogP contribution in [0.15, 0.2) is 12.2 Å². The highest BCUT2D eigenvalue weighted by molar-refractivity contribution is 5.77. The first kappa shape index (κ1) is 112. The summed E-state index contributed by atoms with van der Waals surface area (Å²) in [5.74, 6) is -12.3. The molecule has 6 aliphatic heterocycles. The molecule has 12 unspecified atom stereocenters. The number of allylic oxidation sites excluding steroid dienone is 1. The quantitative estimate of drug-likeness (QED) is 0.0236. The Morgan fingerprint density at radius 1 is 0.425 bits per heavy atom. The van der Waals surface area contributed by atoms with Crippen LogP contribution in [-0.4, -0.2) is 395 Å². The standard InChI is InChI=1S/C86H154N2O39/c1-4-6-8-10-12-14-16-18-19-20-21-22-23-24-25-27-29-31-33-35-37-39-60(100)88-50(51(95)38-36-34-32-30-28-26-17-15-13-11-9-7-5-2)47-116-80-70(109)68(107)74(57(45-92)119-80)123-81-71(110)69(108)73(58(46-93)120-81)122-79-61(87-49(3)94)75(67(106)59(121-79)48-117-85(83(112)113)40-52(96)62(101)76(125-85)64(103)54(98)42-89)124-82-72(111)78(66(105)56(44-91)118-82)127-86(84(114)115)41-53(97)63(102)77(126-86)65(104)55(99)43-90/h36,38,50-59,61-82,89-93,95-99,101-111H,4-35,37,39-48H2,1-3H3,(H,87,94)(H,88,100)(H,112,113)(H,114,115)/b38-36+/t50-,51+,52?,53?,54+,55+,56?,57?,58?,59?,61?,62+,63+,64+,65+,66-,67-,68+,69+,70?,71?,72?,73-,74+,75+,76?,77?,78-,79-,80+,81-,82-,85+,86-/m0/s1. The van der Waals surface area contributed by atoms with Crippen LogP contribution >= 0.6 is 0 Å². The largest absolute Gasteiger partial charge is 0.477 e. The maximum Gasteiger partial charge on any atom is 0.364 e. The lowest BCUT2D eigenvalue weighted by molar-refractivity contribution is -0.393. The zero-order valence-corrected chi connectivity index (χ0v) is 73.9. The summed E-state index contributed by atoms with van der Waals surface area (Å²) in [7, 11) is 0. The number of amides is 2. The molecule has 6 saturated heterocycles. The molecule has 0 aliphatic carbocycles. The van der Waals surface area contributed by atoms with Crippen LogP contribution in [0.1, 0.15) is 252 Å². The Hall–Kier alpha value is -3.70. The maximum atomic E-state index is 13.6. The van der Waals surface area contributed by atoms with E-state index < -0.39 is 284 Å². The van der Waals surface area contributed by atoms with Gasteiger partial charge in [-0.2, -0.15) is 0 Å². The summed E-state index contributed by atoms with van der Waals surface area (Å²) in [5.41, 5.74) is 0. The number of hydrogen-bond acceptors (Lipinski definition) is 37. The molecular formula is C86H154N2O39. The average molecular weight is 1840 g/mol. The first-order valence-corrected chi connectivity index (χ1v) is 46.2. The van der Waals surface area contributed by atoms with Crippen LogP contribution in [0.5, 0.6) is 0 Å². The first-order valence-electron chi connectivity index (χ1n) is 46.2. The predicted molar refractivity (Wildman–Crippen MR) is 444 cm³/mol. The normalized spacial score (nSPS) is 35.2. The summed E-state index contributed by atoms with van der Waals surface area (Å²) in [5, 5.41) is 260. The van der Waals surface area contributed by atoms with Gasteiger partial charge in [0, 0.05) is 26.2 Å². The van der Waals surface area contributed by atoms with E-state index in [4.69, 9.17) is 56.8 Å². The minimum absolute atomic E-state index is 0.134. The molecule has 0 aromatic carbocycles. The van der Waals surface area contributed by atoms with E-state index in [0.717, 1.165) is 64.7 Å². The third-order valence-electron chi connectivity index (χ3n) is 24.8. The molecular weight excluding hydrogens is 1680 g/mol. The van der Waals surface area contributed by atoms with Crippen molar-refractivity contribution in [2.24, 2.45) is 0 Å². The van der Waals surface area contributed by atoms with Crippen molar-refractivity contribution < 1.29 is 193 Å². The lowest BCUT2D eigenvalue weighted by Gasteiger charge is -2.51. The van der Waals surface area contributed by atoms with Crippen molar-refractivity contribution in [3.8, 4) is 0 Å². The molecule has 127 heavy (non-hydrogen) atoms. The molecule has 6 heterocycles. The topological polar surface area (TPSA) is 668 Å². The van der Waals surface area contributed by atoms with Crippen molar-refractivity contribution in [3.63, 3.8) is 0 Å². The van der Waals surface area contributed by atoms with Crippen LogP contribution in [-0.2, 0) is 76.0 Å². The maximum absolute atomic E-state index is 13.6. The zero-order chi connectivity index (χ0) is 93.5. The smallest absolute Gasteiger partial charge is 0.364 e. The number of aliphatic carboxylic acids is 2. The molecule has 0 aromatic heterocycles. The van der Waals surface area contributed by atoms with Gasteiger partial charge in [-0.25, -0.2) is 9.59 Å². The van der Waals surface area contributed by atoms with E-state index in [2.05, 4.69) is 24.5 Å². The molecule has 41 nitrogen and oxygen atoms in total. The molecule has 742 valence electrons. The molecule has 0 spiro atoms. The molecule has 0 aromatic rings. The number of ether oxygens (including phenoxy) is 12. The molecule has 0 bridgehead atoms. The third-order valence-corrected chi connectivity index (χ3v) is 24.8. The fraction of sp³-hybridized carbons (Fsp3) is 0.930. The Kier molecular flexibility index (Phi) is 51.7. The second kappa shape index (κ2) is 58.6. The van der Waals surface area contributed by atoms with Gasteiger partial charge in [0.15, 0.2) is 25.2 Å². The van der Waals surface area contributed by atoms with Crippen molar-refractivity contribution in [1.29, 1.82) is 0 Å². The van der Waals surface area contributed by atoms with Gasteiger partial charge in [0.1, 0.15) is 146 Å².